The van der Waals surface area contributed by atoms with Gasteiger partial charge in [0.25, 0.3) is 0 Å². The van der Waals surface area contributed by atoms with Gasteiger partial charge in [0.1, 0.15) is 12.4 Å². The second-order valence-electron chi connectivity index (χ2n) is 4.95. The van der Waals surface area contributed by atoms with Crippen molar-refractivity contribution >= 4 is 0 Å². The predicted molar refractivity (Wildman–Crippen MR) is 76.8 cm³/mol. The fourth-order valence-corrected chi connectivity index (χ4v) is 1.99. The van der Waals surface area contributed by atoms with Crippen LogP contribution < -0.4 is 10.5 Å². The number of rotatable bonds is 8. The van der Waals surface area contributed by atoms with E-state index in [-0.39, 0.29) is 0 Å². The Bertz CT molecular complexity index is 339. The molecule has 2 N–H and O–H groups in total. The Hall–Kier alpha value is -1.06. The summed E-state index contributed by atoms with van der Waals surface area (Å²) in [6, 6.07) is 7.98. The molecule has 0 saturated heterocycles. The van der Waals surface area contributed by atoms with Crippen molar-refractivity contribution in [2.45, 2.75) is 27.3 Å². The lowest BCUT2D eigenvalue weighted by molar-refractivity contribution is 0.199. The summed E-state index contributed by atoms with van der Waals surface area (Å²) in [6.07, 6.45) is 0. The van der Waals surface area contributed by atoms with E-state index < -0.39 is 0 Å². The summed E-state index contributed by atoms with van der Waals surface area (Å²) in [6.45, 7) is 11.1. The molecule has 0 aliphatic heterocycles. The lowest BCUT2D eigenvalue weighted by Gasteiger charge is -2.22. The monoisotopic (exact) mass is 250 g/mol. The van der Waals surface area contributed by atoms with Crippen molar-refractivity contribution in [1.82, 2.24) is 4.90 Å². The van der Waals surface area contributed by atoms with Gasteiger partial charge in [-0.05, 0) is 18.5 Å². The third kappa shape index (κ3) is 5.07. The summed E-state index contributed by atoms with van der Waals surface area (Å²) in [5.41, 5.74) is 6.76. The van der Waals surface area contributed by atoms with E-state index in [1.54, 1.807) is 0 Å². The number of benzene rings is 1. The Kier molecular flexibility index (Phi) is 6.76. The van der Waals surface area contributed by atoms with E-state index in [2.05, 4.69) is 25.7 Å². The van der Waals surface area contributed by atoms with Crippen LogP contribution in [-0.4, -0.2) is 31.1 Å². The second kappa shape index (κ2) is 8.11. The van der Waals surface area contributed by atoms with Gasteiger partial charge in [-0.2, -0.15) is 0 Å². The molecule has 0 aliphatic rings. The molecule has 0 radical (unpaired) electrons. The molecule has 0 spiro atoms. The third-order valence-electron chi connectivity index (χ3n) is 2.93. The second-order valence-corrected chi connectivity index (χ2v) is 4.95. The molecule has 0 saturated carbocycles. The van der Waals surface area contributed by atoms with E-state index in [1.165, 1.54) is 0 Å². The first-order chi connectivity index (χ1) is 8.67. The van der Waals surface area contributed by atoms with Gasteiger partial charge in [-0.3, -0.25) is 4.90 Å². The van der Waals surface area contributed by atoms with Crippen LogP contribution in [0.1, 0.15) is 26.3 Å². The Labute approximate surface area is 111 Å². The molecule has 3 nitrogen and oxygen atoms in total. The molecule has 1 rings (SSSR count). The van der Waals surface area contributed by atoms with Crippen molar-refractivity contribution in [3.05, 3.63) is 29.8 Å². The quantitative estimate of drug-likeness (QED) is 0.770. The highest BCUT2D eigenvalue weighted by Gasteiger charge is 2.06. The van der Waals surface area contributed by atoms with Gasteiger partial charge >= 0.3 is 0 Å². The summed E-state index contributed by atoms with van der Waals surface area (Å²) in [5, 5.41) is 0. The normalized spacial score (nSPS) is 11.2. The maximum Gasteiger partial charge on any atom is 0.123 e. The van der Waals surface area contributed by atoms with E-state index in [1.807, 2.05) is 24.3 Å². The zero-order valence-electron chi connectivity index (χ0n) is 11.9. The van der Waals surface area contributed by atoms with Crippen LogP contribution >= 0.6 is 0 Å². The van der Waals surface area contributed by atoms with E-state index in [4.69, 9.17) is 10.5 Å². The molecule has 18 heavy (non-hydrogen) atoms. The first kappa shape index (κ1) is 15.0. The number of hydrogen-bond acceptors (Lipinski definition) is 3. The van der Waals surface area contributed by atoms with Crippen LogP contribution in [0.2, 0.25) is 0 Å². The first-order valence-electron chi connectivity index (χ1n) is 6.80. The van der Waals surface area contributed by atoms with Crippen LogP contribution in [0.3, 0.4) is 0 Å². The van der Waals surface area contributed by atoms with Crippen LogP contribution in [0.15, 0.2) is 24.3 Å². The Balaban J connectivity index is 2.40. The zero-order chi connectivity index (χ0) is 13.4. The van der Waals surface area contributed by atoms with Crippen molar-refractivity contribution in [3.8, 4) is 5.75 Å². The SMILES string of the molecule is CCN(CCOc1ccccc1CN)CC(C)C. The Morgan fingerprint density at radius 2 is 2.00 bits per heavy atom. The summed E-state index contributed by atoms with van der Waals surface area (Å²) >= 11 is 0. The molecular formula is C15H26N2O. The molecule has 0 amide bonds. The fourth-order valence-electron chi connectivity index (χ4n) is 1.99. The first-order valence-corrected chi connectivity index (χ1v) is 6.80. The summed E-state index contributed by atoms with van der Waals surface area (Å²) in [4.78, 5) is 2.41. The Morgan fingerprint density at radius 1 is 1.28 bits per heavy atom. The molecule has 102 valence electrons. The number of hydrogen-bond donors (Lipinski definition) is 1. The highest BCUT2D eigenvalue weighted by molar-refractivity contribution is 5.32. The van der Waals surface area contributed by atoms with Gasteiger partial charge in [-0.25, -0.2) is 0 Å². The summed E-state index contributed by atoms with van der Waals surface area (Å²) in [7, 11) is 0. The minimum Gasteiger partial charge on any atom is -0.492 e. The topological polar surface area (TPSA) is 38.5 Å². The molecule has 0 aromatic heterocycles. The number of ether oxygens (including phenoxy) is 1. The highest BCUT2D eigenvalue weighted by Crippen LogP contribution is 2.16. The van der Waals surface area contributed by atoms with Crippen molar-refractivity contribution in [1.29, 1.82) is 0 Å². The number of nitrogens with two attached hydrogens (primary N) is 1. The molecule has 0 aliphatic carbocycles. The molecule has 1 aromatic carbocycles. The van der Waals surface area contributed by atoms with Crippen LogP contribution in [0.25, 0.3) is 0 Å². The van der Waals surface area contributed by atoms with Gasteiger partial charge < -0.3 is 10.5 Å². The lowest BCUT2D eigenvalue weighted by Crippen LogP contribution is -2.31. The van der Waals surface area contributed by atoms with E-state index in [0.29, 0.717) is 12.5 Å². The average molecular weight is 250 g/mol. The van der Waals surface area contributed by atoms with Crippen LogP contribution in [-0.2, 0) is 6.54 Å². The van der Waals surface area contributed by atoms with Gasteiger partial charge in [0, 0.05) is 25.2 Å². The third-order valence-corrected chi connectivity index (χ3v) is 2.93. The van der Waals surface area contributed by atoms with E-state index in [0.717, 1.165) is 37.6 Å². The van der Waals surface area contributed by atoms with Crippen LogP contribution in [0, 0.1) is 5.92 Å². The van der Waals surface area contributed by atoms with Gasteiger partial charge in [0.05, 0.1) is 0 Å². The number of para-hydroxylation sites is 1. The average Bonchev–Trinajstić information content (AvgIpc) is 2.37. The van der Waals surface area contributed by atoms with E-state index >= 15 is 0 Å². The Morgan fingerprint density at radius 3 is 2.61 bits per heavy atom. The minimum absolute atomic E-state index is 0.527. The summed E-state index contributed by atoms with van der Waals surface area (Å²) < 4.78 is 5.82. The molecular weight excluding hydrogens is 224 g/mol. The fraction of sp³-hybridized carbons (Fsp3) is 0.600. The molecule has 3 heteroatoms. The minimum atomic E-state index is 0.527. The summed E-state index contributed by atoms with van der Waals surface area (Å²) in [5.74, 6) is 1.61. The molecule has 0 fully saturated rings. The number of nitrogens with zero attached hydrogens (tertiary/aromatic N) is 1. The largest absolute Gasteiger partial charge is 0.492 e. The van der Waals surface area contributed by atoms with Crippen molar-refractivity contribution in [2.75, 3.05) is 26.2 Å². The molecule has 1 aromatic rings. The van der Waals surface area contributed by atoms with Crippen molar-refractivity contribution in [2.24, 2.45) is 11.7 Å². The van der Waals surface area contributed by atoms with Gasteiger partial charge in [-0.15, -0.1) is 0 Å². The van der Waals surface area contributed by atoms with Gasteiger partial charge in [-0.1, -0.05) is 39.0 Å². The smallest absolute Gasteiger partial charge is 0.123 e. The zero-order valence-corrected chi connectivity index (χ0v) is 11.9. The van der Waals surface area contributed by atoms with Gasteiger partial charge in [0.15, 0.2) is 0 Å². The van der Waals surface area contributed by atoms with Crippen LogP contribution in [0.4, 0.5) is 0 Å². The van der Waals surface area contributed by atoms with Crippen molar-refractivity contribution in [3.63, 3.8) is 0 Å². The predicted octanol–water partition coefficient (Wildman–Crippen LogP) is 2.50. The molecule has 0 heterocycles. The highest BCUT2D eigenvalue weighted by atomic mass is 16.5. The van der Waals surface area contributed by atoms with Crippen LogP contribution in [0.5, 0.6) is 5.75 Å². The molecule has 0 unspecified atom stereocenters. The van der Waals surface area contributed by atoms with E-state index in [9.17, 15) is 0 Å². The maximum atomic E-state index is 5.82. The maximum absolute atomic E-state index is 5.82. The molecule has 0 atom stereocenters. The van der Waals surface area contributed by atoms with Crippen molar-refractivity contribution < 1.29 is 4.74 Å². The lowest BCUT2D eigenvalue weighted by atomic mass is 10.2. The molecule has 0 bridgehead atoms. The van der Waals surface area contributed by atoms with Gasteiger partial charge in [0.2, 0.25) is 0 Å². The standard InChI is InChI=1S/C15H26N2O/c1-4-17(12-13(2)3)9-10-18-15-8-6-5-7-14(15)11-16/h5-8,13H,4,9-12,16H2,1-3H3. The number of likely N-dealkylation sites (N-methyl/N-ethyl adjacent to an activating group) is 1.